The van der Waals surface area contributed by atoms with Crippen LogP contribution in [0.5, 0.6) is 0 Å². The van der Waals surface area contributed by atoms with Crippen molar-refractivity contribution in [2.45, 2.75) is 25.0 Å². The van der Waals surface area contributed by atoms with Crippen molar-refractivity contribution in [1.29, 1.82) is 0 Å². The summed E-state index contributed by atoms with van der Waals surface area (Å²) in [4.78, 5) is 16.8. The maximum Gasteiger partial charge on any atom is 0.233 e. The van der Waals surface area contributed by atoms with Crippen molar-refractivity contribution in [3.8, 4) is 5.69 Å². The number of para-hydroxylation sites is 1. The van der Waals surface area contributed by atoms with Gasteiger partial charge < -0.3 is 4.90 Å². The summed E-state index contributed by atoms with van der Waals surface area (Å²) in [6.45, 7) is 5.14. The summed E-state index contributed by atoms with van der Waals surface area (Å²) < 4.78 is 16.0. The molecule has 0 bridgehead atoms. The van der Waals surface area contributed by atoms with Gasteiger partial charge in [0, 0.05) is 43.3 Å². The molecule has 1 aliphatic heterocycles. The lowest BCUT2D eigenvalue weighted by Gasteiger charge is -2.34. The Kier molecular flexibility index (Phi) is 7.44. The van der Waals surface area contributed by atoms with Crippen LogP contribution in [-0.4, -0.2) is 62.4 Å². The first-order valence-corrected chi connectivity index (χ1v) is 12.0. The molecule has 0 saturated carbocycles. The van der Waals surface area contributed by atoms with Gasteiger partial charge in [-0.1, -0.05) is 54.6 Å². The lowest BCUT2D eigenvalue weighted by molar-refractivity contribution is -0.130. The average Bonchev–Trinajstić information content (AvgIpc) is 3.29. The number of aryl methyl sites for hydroxylation is 1. The second kappa shape index (κ2) is 10.5. The van der Waals surface area contributed by atoms with Crippen LogP contribution < -0.4 is 0 Å². The zero-order chi connectivity index (χ0) is 22.5. The van der Waals surface area contributed by atoms with E-state index in [2.05, 4.69) is 28.1 Å². The predicted octanol–water partition coefficient (Wildman–Crippen LogP) is 4.06. The van der Waals surface area contributed by atoms with E-state index in [9.17, 15) is 9.18 Å². The molecule has 3 aromatic rings. The van der Waals surface area contributed by atoms with Crippen molar-refractivity contribution in [2.75, 3.05) is 31.9 Å². The molecule has 32 heavy (non-hydrogen) atoms. The van der Waals surface area contributed by atoms with Gasteiger partial charge in [0.05, 0.1) is 11.4 Å². The summed E-state index contributed by atoms with van der Waals surface area (Å²) in [5.74, 6) is 0.0737. The number of piperazine rings is 1. The zero-order valence-electron chi connectivity index (χ0n) is 17.9. The monoisotopic (exact) mass is 473 g/mol. The van der Waals surface area contributed by atoms with Gasteiger partial charge in [-0.15, -0.1) is 10.2 Å². The van der Waals surface area contributed by atoms with Gasteiger partial charge in [0.2, 0.25) is 5.91 Å². The molecule has 1 aliphatic rings. The van der Waals surface area contributed by atoms with E-state index >= 15 is 0 Å². The van der Waals surface area contributed by atoms with Crippen LogP contribution in [0.3, 0.4) is 0 Å². The number of rotatable bonds is 7. The standard InChI is InChI=1S/C23H25ClFN5OS/c1-2-17-6-3-4-9-21(17)30-16-26-27-23(30)32-15-22(31)29-12-10-28(11-13-29)14-18-19(24)7-5-8-20(18)25/h3-9,16H,2,10-15H2,1H3. The number of thioether (sulfide) groups is 1. The molecule has 0 N–H and O–H groups in total. The Morgan fingerprint density at radius 1 is 1.12 bits per heavy atom. The molecular formula is C23H25ClFN5OS. The number of carbonyl (C=O) groups is 1. The molecule has 4 rings (SSSR count). The Labute approximate surface area is 196 Å². The van der Waals surface area contributed by atoms with Crippen LogP contribution in [-0.2, 0) is 17.8 Å². The van der Waals surface area contributed by atoms with Gasteiger partial charge in [-0.25, -0.2) is 4.39 Å². The Hall–Kier alpha value is -2.42. The molecule has 9 heteroatoms. The van der Waals surface area contributed by atoms with Gasteiger partial charge in [-0.2, -0.15) is 0 Å². The SMILES string of the molecule is CCc1ccccc1-n1cnnc1SCC(=O)N1CCN(Cc2c(F)cccc2Cl)CC1. The van der Waals surface area contributed by atoms with Crippen LogP contribution in [0.1, 0.15) is 18.1 Å². The van der Waals surface area contributed by atoms with Crippen molar-refractivity contribution in [3.05, 3.63) is 70.8 Å². The number of aromatic nitrogens is 3. The van der Waals surface area contributed by atoms with Crippen molar-refractivity contribution in [2.24, 2.45) is 0 Å². The van der Waals surface area contributed by atoms with Crippen LogP contribution in [0.15, 0.2) is 53.9 Å². The number of hydrogen-bond acceptors (Lipinski definition) is 5. The average molecular weight is 474 g/mol. The van der Waals surface area contributed by atoms with Crippen molar-refractivity contribution < 1.29 is 9.18 Å². The first-order valence-electron chi connectivity index (χ1n) is 10.6. The van der Waals surface area contributed by atoms with Gasteiger partial charge >= 0.3 is 0 Å². The molecule has 2 heterocycles. The number of benzene rings is 2. The maximum atomic E-state index is 14.1. The molecule has 6 nitrogen and oxygen atoms in total. The first-order chi connectivity index (χ1) is 15.6. The second-order valence-electron chi connectivity index (χ2n) is 7.61. The van der Waals surface area contributed by atoms with Gasteiger partial charge in [0.15, 0.2) is 5.16 Å². The Morgan fingerprint density at radius 2 is 1.91 bits per heavy atom. The third kappa shape index (κ3) is 5.14. The molecule has 0 radical (unpaired) electrons. The van der Waals surface area contributed by atoms with Crippen LogP contribution in [0.25, 0.3) is 5.69 Å². The summed E-state index contributed by atoms with van der Waals surface area (Å²) in [5.41, 5.74) is 2.75. The lowest BCUT2D eigenvalue weighted by atomic mass is 10.1. The van der Waals surface area contributed by atoms with Crippen LogP contribution in [0.2, 0.25) is 5.02 Å². The summed E-state index contributed by atoms with van der Waals surface area (Å²) in [7, 11) is 0. The van der Waals surface area contributed by atoms with E-state index in [0.29, 0.717) is 54.2 Å². The maximum absolute atomic E-state index is 14.1. The molecule has 1 fully saturated rings. The molecule has 2 aromatic carbocycles. The molecule has 1 aromatic heterocycles. The molecular weight excluding hydrogens is 449 g/mol. The lowest BCUT2D eigenvalue weighted by Crippen LogP contribution is -2.48. The summed E-state index contributed by atoms with van der Waals surface area (Å²) >= 11 is 7.54. The molecule has 0 aliphatic carbocycles. The van der Waals surface area contributed by atoms with E-state index in [1.54, 1.807) is 18.5 Å². The fourth-order valence-corrected chi connectivity index (χ4v) is 4.86. The smallest absolute Gasteiger partial charge is 0.233 e. The fraction of sp³-hybridized carbons (Fsp3) is 0.348. The van der Waals surface area contributed by atoms with E-state index in [4.69, 9.17) is 11.6 Å². The molecule has 0 atom stereocenters. The third-order valence-electron chi connectivity index (χ3n) is 5.64. The van der Waals surface area contributed by atoms with Crippen LogP contribution >= 0.6 is 23.4 Å². The highest BCUT2D eigenvalue weighted by Gasteiger charge is 2.23. The minimum Gasteiger partial charge on any atom is -0.339 e. The highest BCUT2D eigenvalue weighted by molar-refractivity contribution is 7.99. The minimum atomic E-state index is -0.291. The highest BCUT2D eigenvalue weighted by atomic mass is 35.5. The van der Waals surface area contributed by atoms with E-state index in [1.807, 2.05) is 27.7 Å². The van der Waals surface area contributed by atoms with Gasteiger partial charge in [0.25, 0.3) is 0 Å². The van der Waals surface area contributed by atoms with Crippen LogP contribution in [0.4, 0.5) is 4.39 Å². The Bertz CT molecular complexity index is 1060. The van der Waals surface area contributed by atoms with Gasteiger partial charge in [-0.3, -0.25) is 14.3 Å². The molecule has 1 amide bonds. The minimum absolute atomic E-state index is 0.0666. The fourth-order valence-electron chi connectivity index (χ4n) is 3.81. The summed E-state index contributed by atoms with van der Waals surface area (Å²) in [6, 6.07) is 12.9. The zero-order valence-corrected chi connectivity index (χ0v) is 19.4. The Balaban J connectivity index is 1.32. The van der Waals surface area contributed by atoms with Crippen LogP contribution in [0, 0.1) is 5.82 Å². The second-order valence-corrected chi connectivity index (χ2v) is 8.96. The topological polar surface area (TPSA) is 54.3 Å². The number of carbonyl (C=O) groups excluding carboxylic acids is 1. The van der Waals surface area contributed by atoms with Gasteiger partial charge in [-0.05, 0) is 30.2 Å². The number of halogens is 2. The predicted molar refractivity (Wildman–Crippen MR) is 125 cm³/mol. The molecule has 0 unspecified atom stereocenters. The molecule has 168 valence electrons. The third-order valence-corrected chi connectivity index (χ3v) is 6.92. The summed E-state index contributed by atoms with van der Waals surface area (Å²) in [5, 5.41) is 9.40. The number of amides is 1. The highest BCUT2D eigenvalue weighted by Crippen LogP contribution is 2.24. The van der Waals surface area contributed by atoms with Gasteiger partial charge in [0.1, 0.15) is 12.1 Å². The number of nitrogens with zero attached hydrogens (tertiary/aromatic N) is 5. The first kappa shape index (κ1) is 22.8. The quantitative estimate of drug-likeness (QED) is 0.484. The largest absolute Gasteiger partial charge is 0.339 e. The van der Waals surface area contributed by atoms with E-state index in [-0.39, 0.29) is 11.7 Å². The normalized spacial score (nSPS) is 14.7. The van der Waals surface area contributed by atoms with Crippen molar-refractivity contribution in [1.82, 2.24) is 24.6 Å². The van der Waals surface area contributed by atoms with Crippen molar-refractivity contribution in [3.63, 3.8) is 0 Å². The van der Waals surface area contributed by atoms with Crippen molar-refractivity contribution >= 4 is 29.3 Å². The summed E-state index contributed by atoms with van der Waals surface area (Å²) in [6.07, 6.45) is 2.59. The van der Waals surface area contributed by atoms with E-state index in [1.165, 1.54) is 23.4 Å². The van der Waals surface area contributed by atoms with E-state index < -0.39 is 0 Å². The number of hydrogen-bond donors (Lipinski definition) is 0. The molecule has 1 saturated heterocycles. The van der Waals surface area contributed by atoms with E-state index in [0.717, 1.165) is 12.1 Å². The Morgan fingerprint density at radius 3 is 2.66 bits per heavy atom. The molecule has 0 spiro atoms.